The van der Waals surface area contributed by atoms with Crippen molar-refractivity contribution in [2.75, 3.05) is 11.4 Å². The monoisotopic (exact) mass is 343 g/mol. The number of aliphatic hydroxyl groups is 1. The largest absolute Gasteiger partial charge is 0.491 e. The van der Waals surface area contributed by atoms with Crippen molar-refractivity contribution in [3.05, 3.63) is 36.4 Å². The molecule has 0 radical (unpaired) electrons. The van der Waals surface area contributed by atoms with Crippen LogP contribution in [-0.4, -0.2) is 29.3 Å². The van der Waals surface area contributed by atoms with Crippen LogP contribution in [-0.2, 0) is 4.79 Å². The smallest absolute Gasteiger partial charge is 0.233 e. The number of hydrogen-bond donors (Lipinski definition) is 1. The molecule has 2 fully saturated rings. The molecule has 136 valence electrons. The Hall–Kier alpha value is -1.81. The molecule has 0 aromatic heterocycles. The molecular formula is C21H29NO3. The maximum absolute atomic E-state index is 13.1. The van der Waals surface area contributed by atoms with E-state index in [-0.39, 0.29) is 17.4 Å². The SMILES string of the molecule is C=C(C)[C@]1(O)CC[C@]2(CCN(c3ccc(OC(C)C)cc3)C2=O)CC1. The second-order valence-electron chi connectivity index (χ2n) is 7.96. The summed E-state index contributed by atoms with van der Waals surface area (Å²) in [5.74, 6) is 1.03. The molecule has 3 rings (SSSR count). The Kier molecular flexibility index (Phi) is 4.67. The predicted octanol–water partition coefficient (Wildman–Crippen LogP) is 4.08. The van der Waals surface area contributed by atoms with Gasteiger partial charge in [-0.3, -0.25) is 4.79 Å². The van der Waals surface area contributed by atoms with Crippen molar-refractivity contribution < 1.29 is 14.6 Å². The Bertz CT molecular complexity index is 654. The summed E-state index contributed by atoms with van der Waals surface area (Å²) in [6.07, 6.45) is 3.73. The maximum Gasteiger partial charge on any atom is 0.233 e. The molecule has 4 heteroatoms. The molecule has 1 amide bonds. The average molecular weight is 343 g/mol. The van der Waals surface area contributed by atoms with E-state index in [0.29, 0.717) is 12.8 Å². The summed E-state index contributed by atoms with van der Waals surface area (Å²) in [6, 6.07) is 7.77. The van der Waals surface area contributed by atoms with Gasteiger partial charge in [0.05, 0.1) is 17.1 Å². The number of anilines is 1. The highest BCUT2D eigenvalue weighted by Gasteiger charge is 2.51. The van der Waals surface area contributed by atoms with Crippen LogP contribution in [0.3, 0.4) is 0 Å². The summed E-state index contributed by atoms with van der Waals surface area (Å²) < 4.78 is 5.67. The van der Waals surface area contributed by atoms with E-state index in [9.17, 15) is 9.90 Å². The Morgan fingerprint density at radius 1 is 1.16 bits per heavy atom. The van der Waals surface area contributed by atoms with Crippen LogP contribution in [0.1, 0.15) is 52.9 Å². The van der Waals surface area contributed by atoms with Crippen molar-refractivity contribution in [3.8, 4) is 5.75 Å². The third kappa shape index (κ3) is 3.32. The summed E-state index contributed by atoms with van der Waals surface area (Å²) in [4.78, 5) is 15.0. The fourth-order valence-electron chi connectivity index (χ4n) is 4.08. The Morgan fingerprint density at radius 3 is 2.28 bits per heavy atom. The first-order valence-electron chi connectivity index (χ1n) is 9.23. The molecule has 1 heterocycles. The van der Waals surface area contributed by atoms with Crippen LogP contribution in [0, 0.1) is 5.41 Å². The molecule has 4 nitrogen and oxygen atoms in total. The van der Waals surface area contributed by atoms with Crippen LogP contribution in [0.4, 0.5) is 5.69 Å². The molecule has 1 N–H and O–H groups in total. The fourth-order valence-corrected chi connectivity index (χ4v) is 4.08. The predicted molar refractivity (Wildman–Crippen MR) is 99.8 cm³/mol. The summed E-state index contributed by atoms with van der Waals surface area (Å²) >= 11 is 0. The molecule has 0 unspecified atom stereocenters. The molecule has 0 bridgehead atoms. The molecule has 1 aromatic carbocycles. The first kappa shape index (κ1) is 18.0. The Labute approximate surface area is 150 Å². The minimum Gasteiger partial charge on any atom is -0.491 e. The standard InChI is InChI=1S/C21H29NO3/c1-15(2)21(24)11-9-20(10-12-21)13-14-22(19(20)23)17-5-7-18(8-6-17)25-16(3)4/h5-8,16,24H,1,9-14H2,2-4H3/t20-,21+. The van der Waals surface area contributed by atoms with Gasteiger partial charge in [-0.25, -0.2) is 0 Å². The zero-order chi connectivity index (χ0) is 18.2. The van der Waals surface area contributed by atoms with Gasteiger partial charge in [-0.15, -0.1) is 0 Å². The van der Waals surface area contributed by atoms with E-state index in [1.807, 2.05) is 49.9 Å². The third-order valence-corrected chi connectivity index (χ3v) is 5.86. The van der Waals surface area contributed by atoms with E-state index in [0.717, 1.165) is 42.8 Å². The lowest BCUT2D eigenvalue weighted by atomic mass is 9.66. The summed E-state index contributed by atoms with van der Waals surface area (Å²) in [5, 5.41) is 10.6. The van der Waals surface area contributed by atoms with Crippen LogP contribution >= 0.6 is 0 Å². The van der Waals surface area contributed by atoms with Gasteiger partial charge < -0.3 is 14.7 Å². The minimum atomic E-state index is -0.797. The molecule has 2 aliphatic rings. The van der Waals surface area contributed by atoms with Crippen molar-refractivity contribution in [1.29, 1.82) is 0 Å². The highest BCUT2D eigenvalue weighted by atomic mass is 16.5. The number of ether oxygens (including phenoxy) is 1. The van der Waals surface area contributed by atoms with E-state index < -0.39 is 5.60 Å². The van der Waals surface area contributed by atoms with Gasteiger partial charge in [0.25, 0.3) is 0 Å². The highest BCUT2D eigenvalue weighted by molar-refractivity contribution is 6.00. The van der Waals surface area contributed by atoms with E-state index >= 15 is 0 Å². The van der Waals surface area contributed by atoms with Crippen molar-refractivity contribution in [2.24, 2.45) is 5.41 Å². The van der Waals surface area contributed by atoms with Gasteiger partial charge in [-0.1, -0.05) is 6.58 Å². The summed E-state index contributed by atoms with van der Waals surface area (Å²) in [7, 11) is 0. The number of nitrogens with zero attached hydrogens (tertiary/aromatic N) is 1. The van der Waals surface area contributed by atoms with E-state index in [1.54, 1.807) is 0 Å². The second-order valence-corrected chi connectivity index (χ2v) is 7.96. The highest BCUT2D eigenvalue weighted by Crippen LogP contribution is 2.50. The van der Waals surface area contributed by atoms with Crippen molar-refractivity contribution >= 4 is 11.6 Å². The van der Waals surface area contributed by atoms with Gasteiger partial charge in [0, 0.05) is 12.2 Å². The molecule has 25 heavy (non-hydrogen) atoms. The van der Waals surface area contributed by atoms with Crippen molar-refractivity contribution in [2.45, 2.75) is 64.6 Å². The lowest BCUT2D eigenvalue weighted by Gasteiger charge is -2.41. The lowest BCUT2D eigenvalue weighted by molar-refractivity contribution is -0.129. The van der Waals surface area contributed by atoms with Gasteiger partial charge in [0.15, 0.2) is 0 Å². The fraction of sp³-hybridized carbons (Fsp3) is 0.571. The van der Waals surface area contributed by atoms with Gasteiger partial charge in [0.2, 0.25) is 5.91 Å². The third-order valence-electron chi connectivity index (χ3n) is 5.86. The van der Waals surface area contributed by atoms with Crippen LogP contribution in [0.5, 0.6) is 5.75 Å². The van der Waals surface area contributed by atoms with E-state index in [1.165, 1.54) is 0 Å². The zero-order valence-corrected chi connectivity index (χ0v) is 15.5. The Morgan fingerprint density at radius 2 is 1.76 bits per heavy atom. The van der Waals surface area contributed by atoms with Gasteiger partial charge in [-0.2, -0.15) is 0 Å². The number of amides is 1. The Balaban J connectivity index is 1.71. The number of carbonyl (C=O) groups is 1. The molecule has 1 aliphatic carbocycles. The van der Waals surface area contributed by atoms with Crippen LogP contribution in [0.25, 0.3) is 0 Å². The quantitative estimate of drug-likeness (QED) is 0.838. The molecule has 1 saturated heterocycles. The van der Waals surface area contributed by atoms with Crippen molar-refractivity contribution in [1.82, 2.24) is 0 Å². The molecular weight excluding hydrogens is 314 g/mol. The topological polar surface area (TPSA) is 49.8 Å². The molecule has 1 saturated carbocycles. The number of carbonyl (C=O) groups excluding carboxylic acids is 1. The first-order chi connectivity index (χ1) is 11.8. The average Bonchev–Trinajstić information content (AvgIpc) is 2.88. The van der Waals surface area contributed by atoms with Crippen LogP contribution in [0.2, 0.25) is 0 Å². The van der Waals surface area contributed by atoms with E-state index in [2.05, 4.69) is 6.58 Å². The molecule has 0 atom stereocenters. The second kappa shape index (κ2) is 6.49. The number of benzene rings is 1. The van der Waals surface area contributed by atoms with E-state index in [4.69, 9.17) is 4.74 Å². The molecule has 1 aromatic rings. The van der Waals surface area contributed by atoms with Crippen molar-refractivity contribution in [3.63, 3.8) is 0 Å². The maximum atomic E-state index is 13.1. The molecule has 1 aliphatic heterocycles. The van der Waals surface area contributed by atoms with Gasteiger partial charge in [-0.05, 0) is 82.7 Å². The van der Waals surface area contributed by atoms with Gasteiger partial charge in [0.1, 0.15) is 5.75 Å². The summed E-state index contributed by atoms with van der Waals surface area (Å²) in [5.41, 5.74) is 0.632. The van der Waals surface area contributed by atoms with Crippen LogP contribution < -0.4 is 9.64 Å². The minimum absolute atomic E-state index is 0.136. The molecule has 1 spiro atoms. The lowest BCUT2D eigenvalue weighted by Crippen LogP contribution is -2.43. The normalized spacial score (nSPS) is 29.5. The zero-order valence-electron chi connectivity index (χ0n) is 15.5. The number of rotatable bonds is 4. The van der Waals surface area contributed by atoms with Gasteiger partial charge >= 0.3 is 0 Å². The van der Waals surface area contributed by atoms with Crippen LogP contribution in [0.15, 0.2) is 36.4 Å². The first-order valence-corrected chi connectivity index (χ1v) is 9.23. The number of hydrogen-bond acceptors (Lipinski definition) is 3. The summed E-state index contributed by atoms with van der Waals surface area (Å²) in [6.45, 7) is 10.5.